The second-order valence-electron chi connectivity index (χ2n) is 5.37. The van der Waals surface area contributed by atoms with Crippen LogP contribution in [0.25, 0.3) is 0 Å². The molecule has 0 saturated heterocycles. The van der Waals surface area contributed by atoms with Gasteiger partial charge in [0.05, 0.1) is 5.69 Å². The van der Waals surface area contributed by atoms with Crippen LogP contribution in [0.5, 0.6) is 11.5 Å². The summed E-state index contributed by atoms with van der Waals surface area (Å²) in [4.78, 5) is 24.1. The second-order valence-corrected chi connectivity index (χ2v) is 5.37. The number of esters is 1. The first-order valence-electron chi connectivity index (χ1n) is 7.84. The maximum atomic E-state index is 12.3. The number of amides is 1. The number of rotatable bonds is 6. The van der Waals surface area contributed by atoms with E-state index in [0.29, 0.717) is 17.2 Å². The van der Waals surface area contributed by atoms with Crippen LogP contribution >= 0.6 is 0 Å². The lowest BCUT2D eigenvalue weighted by Gasteiger charge is -2.10. The summed E-state index contributed by atoms with van der Waals surface area (Å²) in [6.45, 7) is 1.26. The Morgan fingerprint density at radius 3 is 2.54 bits per heavy atom. The molecule has 0 aliphatic heterocycles. The first-order chi connectivity index (χ1) is 12.6. The minimum atomic E-state index is -0.666. The van der Waals surface area contributed by atoms with Crippen LogP contribution in [0.2, 0.25) is 0 Å². The minimum absolute atomic E-state index is 0.191. The predicted octanol–water partition coefficient (Wildman–Crippen LogP) is 3.57. The maximum absolute atomic E-state index is 12.3. The van der Waals surface area contributed by atoms with Crippen molar-refractivity contribution in [3.05, 3.63) is 71.9 Å². The minimum Gasteiger partial charge on any atom is -0.456 e. The van der Waals surface area contributed by atoms with E-state index in [2.05, 4.69) is 10.5 Å². The van der Waals surface area contributed by atoms with Gasteiger partial charge in [0.2, 0.25) is 5.88 Å². The Morgan fingerprint density at radius 2 is 1.81 bits per heavy atom. The number of nitrogens with one attached hydrogen (secondary N) is 1. The van der Waals surface area contributed by atoms with E-state index in [9.17, 15) is 9.59 Å². The van der Waals surface area contributed by atoms with Gasteiger partial charge in [-0.3, -0.25) is 10.1 Å². The molecule has 2 aromatic carbocycles. The van der Waals surface area contributed by atoms with Crippen molar-refractivity contribution < 1.29 is 23.6 Å². The van der Waals surface area contributed by atoms with Gasteiger partial charge in [-0.15, -0.1) is 0 Å². The van der Waals surface area contributed by atoms with Gasteiger partial charge in [0.25, 0.3) is 5.91 Å². The monoisotopic (exact) mass is 352 g/mol. The summed E-state index contributed by atoms with van der Waals surface area (Å²) >= 11 is 0. The van der Waals surface area contributed by atoms with Gasteiger partial charge in [0, 0.05) is 6.07 Å². The standard InChI is InChI=1S/C19H16N2O5/c1-13-11-18(26-21-13)20-17(22)12-24-19(23)15-9-5-6-10-16(15)25-14-7-3-2-4-8-14/h2-11H,12H2,1H3,(H,20,22). The number of anilines is 1. The summed E-state index contributed by atoms with van der Waals surface area (Å²) < 4.78 is 15.6. The van der Waals surface area contributed by atoms with Crippen LogP contribution < -0.4 is 10.1 Å². The quantitative estimate of drug-likeness (QED) is 0.682. The molecule has 0 unspecified atom stereocenters. The van der Waals surface area contributed by atoms with Crippen molar-refractivity contribution in [3.63, 3.8) is 0 Å². The van der Waals surface area contributed by atoms with Crippen molar-refractivity contribution in [1.29, 1.82) is 0 Å². The largest absolute Gasteiger partial charge is 0.456 e. The molecule has 3 aromatic rings. The molecule has 132 valence electrons. The summed E-state index contributed by atoms with van der Waals surface area (Å²) in [6, 6.07) is 17.3. The highest BCUT2D eigenvalue weighted by Gasteiger charge is 2.16. The molecule has 0 spiro atoms. The van der Waals surface area contributed by atoms with E-state index in [0.717, 1.165) is 0 Å². The number of ether oxygens (including phenoxy) is 2. The van der Waals surface area contributed by atoms with E-state index in [4.69, 9.17) is 14.0 Å². The Labute approximate surface area is 149 Å². The van der Waals surface area contributed by atoms with E-state index in [1.54, 1.807) is 49.4 Å². The normalized spacial score (nSPS) is 10.2. The maximum Gasteiger partial charge on any atom is 0.342 e. The molecule has 1 aromatic heterocycles. The molecule has 1 N–H and O–H groups in total. The van der Waals surface area contributed by atoms with Crippen molar-refractivity contribution in [2.24, 2.45) is 0 Å². The highest BCUT2D eigenvalue weighted by atomic mass is 16.5. The van der Waals surface area contributed by atoms with E-state index in [-0.39, 0.29) is 11.4 Å². The molecule has 0 fully saturated rings. The lowest BCUT2D eigenvalue weighted by molar-refractivity contribution is -0.119. The number of hydrogen-bond acceptors (Lipinski definition) is 6. The number of carbonyl (C=O) groups is 2. The molecule has 1 heterocycles. The average Bonchev–Trinajstić information content (AvgIpc) is 3.06. The van der Waals surface area contributed by atoms with Crippen molar-refractivity contribution in [2.75, 3.05) is 11.9 Å². The van der Waals surface area contributed by atoms with Crippen molar-refractivity contribution in [1.82, 2.24) is 5.16 Å². The Morgan fingerprint density at radius 1 is 1.08 bits per heavy atom. The van der Waals surface area contributed by atoms with Crippen LogP contribution in [0.4, 0.5) is 5.88 Å². The van der Waals surface area contributed by atoms with Gasteiger partial charge in [-0.1, -0.05) is 35.5 Å². The number of para-hydroxylation sites is 2. The van der Waals surface area contributed by atoms with Crippen molar-refractivity contribution in [3.8, 4) is 11.5 Å². The van der Waals surface area contributed by atoms with E-state index in [1.165, 1.54) is 0 Å². The third-order valence-electron chi connectivity index (χ3n) is 3.30. The zero-order chi connectivity index (χ0) is 18.4. The molecule has 0 aliphatic rings. The summed E-state index contributed by atoms with van der Waals surface area (Å²) in [5.41, 5.74) is 0.851. The van der Waals surface area contributed by atoms with E-state index < -0.39 is 18.5 Å². The SMILES string of the molecule is Cc1cc(NC(=O)COC(=O)c2ccccc2Oc2ccccc2)on1. The summed E-state index contributed by atoms with van der Waals surface area (Å²) in [7, 11) is 0. The molecule has 3 rings (SSSR count). The number of benzene rings is 2. The first kappa shape index (κ1) is 17.2. The molecule has 0 bridgehead atoms. The predicted molar refractivity (Wildman–Crippen MR) is 93.1 cm³/mol. The molecular weight excluding hydrogens is 336 g/mol. The summed E-state index contributed by atoms with van der Waals surface area (Å²) in [5.74, 6) is -0.0751. The molecule has 7 heteroatoms. The van der Waals surface area contributed by atoms with Crippen LogP contribution in [-0.2, 0) is 9.53 Å². The van der Waals surface area contributed by atoms with Crippen molar-refractivity contribution in [2.45, 2.75) is 6.92 Å². The molecular formula is C19H16N2O5. The molecule has 0 radical (unpaired) electrons. The lowest BCUT2D eigenvalue weighted by Crippen LogP contribution is -2.20. The zero-order valence-corrected chi connectivity index (χ0v) is 14.0. The van der Waals surface area contributed by atoms with Crippen LogP contribution in [0, 0.1) is 6.92 Å². The molecule has 26 heavy (non-hydrogen) atoms. The number of aryl methyl sites for hydroxylation is 1. The fourth-order valence-corrected chi connectivity index (χ4v) is 2.14. The molecule has 0 atom stereocenters. The zero-order valence-electron chi connectivity index (χ0n) is 14.0. The Kier molecular flexibility index (Phi) is 5.28. The third-order valence-corrected chi connectivity index (χ3v) is 3.30. The number of carbonyl (C=O) groups excluding carboxylic acids is 2. The van der Waals surface area contributed by atoms with Crippen LogP contribution in [-0.4, -0.2) is 23.6 Å². The number of nitrogens with zero attached hydrogens (tertiary/aromatic N) is 1. The summed E-state index contributed by atoms with van der Waals surface area (Å²) in [5, 5.41) is 6.10. The molecule has 0 aliphatic carbocycles. The van der Waals surface area contributed by atoms with Gasteiger partial charge in [0.15, 0.2) is 6.61 Å². The van der Waals surface area contributed by atoms with E-state index >= 15 is 0 Å². The average molecular weight is 352 g/mol. The molecule has 0 saturated carbocycles. The topological polar surface area (TPSA) is 90.7 Å². The van der Waals surface area contributed by atoms with Gasteiger partial charge in [-0.25, -0.2) is 4.79 Å². The fraction of sp³-hybridized carbons (Fsp3) is 0.105. The highest BCUT2D eigenvalue weighted by Crippen LogP contribution is 2.25. The highest BCUT2D eigenvalue weighted by molar-refractivity contribution is 5.96. The Hall–Kier alpha value is -3.61. The Balaban J connectivity index is 1.62. The van der Waals surface area contributed by atoms with Gasteiger partial charge in [0.1, 0.15) is 17.1 Å². The lowest BCUT2D eigenvalue weighted by atomic mass is 10.2. The van der Waals surface area contributed by atoms with Crippen LogP contribution in [0.1, 0.15) is 16.1 Å². The number of hydrogen-bond donors (Lipinski definition) is 1. The third kappa shape index (κ3) is 4.47. The van der Waals surface area contributed by atoms with Gasteiger partial charge in [-0.05, 0) is 31.2 Å². The van der Waals surface area contributed by atoms with Gasteiger partial charge in [-0.2, -0.15) is 0 Å². The molecule has 1 amide bonds. The van der Waals surface area contributed by atoms with Crippen LogP contribution in [0.15, 0.2) is 65.2 Å². The van der Waals surface area contributed by atoms with Crippen LogP contribution in [0.3, 0.4) is 0 Å². The van der Waals surface area contributed by atoms with Gasteiger partial charge >= 0.3 is 5.97 Å². The first-order valence-corrected chi connectivity index (χ1v) is 7.84. The fourth-order valence-electron chi connectivity index (χ4n) is 2.14. The number of aromatic nitrogens is 1. The van der Waals surface area contributed by atoms with Gasteiger partial charge < -0.3 is 14.0 Å². The smallest absolute Gasteiger partial charge is 0.342 e. The Bertz CT molecular complexity index is 905. The van der Waals surface area contributed by atoms with E-state index in [1.807, 2.05) is 18.2 Å². The summed E-state index contributed by atoms with van der Waals surface area (Å²) in [6.07, 6.45) is 0. The van der Waals surface area contributed by atoms with Crippen molar-refractivity contribution >= 4 is 17.8 Å². The molecule has 7 nitrogen and oxygen atoms in total. The second kappa shape index (κ2) is 7.98.